The molecule has 3 heterocycles. The lowest BCUT2D eigenvalue weighted by Crippen LogP contribution is -2.49. The molecule has 0 saturated carbocycles. The molecule has 31 heavy (non-hydrogen) atoms. The summed E-state index contributed by atoms with van der Waals surface area (Å²) in [5, 5.41) is 5.56. The Hall–Kier alpha value is -2.43. The number of piperazine rings is 1. The SMILES string of the molecule is CCOC(=O)Cc1csc(/N=C2\NC(=O)C(CN3CCN(c4ccccc4)CC3)S2)n1. The van der Waals surface area contributed by atoms with Crippen molar-refractivity contribution in [3.63, 3.8) is 0 Å². The Morgan fingerprint density at radius 2 is 2.03 bits per heavy atom. The van der Waals surface area contributed by atoms with E-state index in [1.54, 1.807) is 12.3 Å². The van der Waals surface area contributed by atoms with Crippen LogP contribution in [0.15, 0.2) is 40.7 Å². The van der Waals surface area contributed by atoms with E-state index in [1.165, 1.54) is 28.8 Å². The first-order valence-electron chi connectivity index (χ1n) is 10.3. The molecular weight excluding hydrogens is 434 g/mol. The van der Waals surface area contributed by atoms with E-state index in [9.17, 15) is 9.59 Å². The van der Waals surface area contributed by atoms with Gasteiger partial charge in [0.2, 0.25) is 11.0 Å². The molecule has 2 fully saturated rings. The minimum Gasteiger partial charge on any atom is -0.466 e. The number of para-hydroxylation sites is 1. The molecule has 2 saturated heterocycles. The van der Waals surface area contributed by atoms with Gasteiger partial charge in [-0.1, -0.05) is 30.0 Å². The first kappa shape index (κ1) is 21.8. The predicted octanol–water partition coefficient (Wildman–Crippen LogP) is 2.29. The third kappa shape index (κ3) is 5.84. The van der Waals surface area contributed by atoms with Gasteiger partial charge in [-0.2, -0.15) is 4.99 Å². The molecule has 4 rings (SSSR count). The number of hydrogen-bond acceptors (Lipinski definition) is 9. The number of esters is 1. The third-order valence-electron chi connectivity index (χ3n) is 5.06. The molecule has 2 aliphatic rings. The summed E-state index contributed by atoms with van der Waals surface area (Å²) in [6.07, 6.45) is 0.131. The van der Waals surface area contributed by atoms with Gasteiger partial charge in [0.15, 0.2) is 5.17 Å². The van der Waals surface area contributed by atoms with E-state index in [4.69, 9.17) is 4.74 Å². The number of rotatable bonds is 7. The maximum Gasteiger partial charge on any atom is 0.311 e. The van der Waals surface area contributed by atoms with Crippen molar-refractivity contribution in [3.05, 3.63) is 41.4 Å². The van der Waals surface area contributed by atoms with Gasteiger partial charge >= 0.3 is 5.97 Å². The largest absolute Gasteiger partial charge is 0.466 e. The summed E-state index contributed by atoms with van der Waals surface area (Å²) in [7, 11) is 0. The van der Waals surface area contributed by atoms with Crippen LogP contribution in [0, 0.1) is 0 Å². The molecule has 2 aliphatic heterocycles. The van der Waals surface area contributed by atoms with Gasteiger partial charge in [0.05, 0.1) is 18.7 Å². The van der Waals surface area contributed by atoms with Crippen molar-refractivity contribution in [2.24, 2.45) is 4.99 Å². The molecule has 164 valence electrons. The molecule has 0 aliphatic carbocycles. The van der Waals surface area contributed by atoms with Crippen LogP contribution in [0.4, 0.5) is 10.8 Å². The molecule has 0 spiro atoms. The van der Waals surface area contributed by atoms with Gasteiger partial charge in [-0.05, 0) is 19.1 Å². The van der Waals surface area contributed by atoms with Crippen LogP contribution in [0.25, 0.3) is 0 Å². The Kier molecular flexibility index (Phi) is 7.21. The van der Waals surface area contributed by atoms with Crippen molar-refractivity contribution >= 4 is 51.0 Å². The number of benzene rings is 1. The highest BCUT2D eigenvalue weighted by molar-refractivity contribution is 8.15. The monoisotopic (exact) mass is 459 g/mol. The van der Waals surface area contributed by atoms with Crippen molar-refractivity contribution in [3.8, 4) is 0 Å². The number of thioether (sulfide) groups is 1. The molecule has 0 bridgehead atoms. The highest BCUT2D eigenvalue weighted by Crippen LogP contribution is 2.26. The number of nitrogens with zero attached hydrogens (tertiary/aromatic N) is 4. The smallest absolute Gasteiger partial charge is 0.311 e. The van der Waals surface area contributed by atoms with Gasteiger partial charge in [0.1, 0.15) is 5.25 Å². The van der Waals surface area contributed by atoms with Gasteiger partial charge in [-0.3, -0.25) is 14.5 Å². The van der Waals surface area contributed by atoms with Gasteiger partial charge < -0.3 is 15.0 Å². The number of ether oxygens (including phenoxy) is 1. The summed E-state index contributed by atoms with van der Waals surface area (Å²) in [4.78, 5) is 37.5. The topological polar surface area (TPSA) is 87.1 Å². The fraction of sp³-hybridized carbons (Fsp3) is 0.429. The van der Waals surface area contributed by atoms with Crippen molar-refractivity contribution in [1.82, 2.24) is 15.2 Å². The number of thiazole rings is 1. The van der Waals surface area contributed by atoms with Crippen LogP contribution in [-0.4, -0.2) is 71.5 Å². The van der Waals surface area contributed by atoms with Gasteiger partial charge in [-0.25, -0.2) is 4.98 Å². The molecule has 8 nitrogen and oxygen atoms in total. The summed E-state index contributed by atoms with van der Waals surface area (Å²) < 4.78 is 4.94. The van der Waals surface area contributed by atoms with E-state index in [0.717, 1.165) is 26.2 Å². The number of aliphatic imine (C=N–C) groups is 1. The number of aromatic nitrogens is 1. The number of hydrogen-bond donors (Lipinski definition) is 1. The van der Waals surface area contributed by atoms with Crippen LogP contribution in [-0.2, 0) is 20.7 Å². The summed E-state index contributed by atoms with van der Waals surface area (Å²) in [6, 6.07) is 10.4. The van der Waals surface area contributed by atoms with E-state index in [1.807, 2.05) is 6.07 Å². The summed E-state index contributed by atoms with van der Waals surface area (Å²) in [5.41, 5.74) is 1.88. The summed E-state index contributed by atoms with van der Waals surface area (Å²) in [6.45, 7) is 6.58. The average molecular weight is 460 g/mol. The number of anilines is 1. The lowest BCUT2D eigenvalue weighted by Gasteiger charge is -2.36. The second-order valence-corrected chi connectivity index (χ2v) is 9.27. The third-order valence-corrected chi connectivity index (χ3v) is 6.91. The number of amides is 1. The van der Waals surface area contributed by atoms with Crippen LogP contribution in [0.5, 0.6) is 0 Å². The molecule has 2 aromatic rings. The van der Waals surface area contributed by atoms with Crippen molar-refractivity contribution < 1.29 is 14.3 Å². The lowest BCUT2D eigenvalue weighted by molar-refractivity contribution is -0.142. The van der Waals surface area contributed by atoms with Crippen LogP contribution in [0.3, 0.4) is 0 Å². The van der Waals surface area contributed by atoms with Crippen LogP contribution in [0.1, 0.15) is 12.6 Å². The zero-order valence-electron chi connectivity index (χ0n) is 17.3. The molecular formula is C21H25N5O3S2. The Balaban J connectivity index is 1.28. The number of amidine groups is 1. The highest BCUT2D eigenvalue weighted by atomic mass is 32.2. The Morgan fingerprint density at radius 1 is 1.26 bits per heavy atom. The Bertz CT molecular complexity index is 942. The van der Waals surface area contributed by atoms with E-state index in [-0.39, 0.29) is 23.5 Å². The average Bonchev–Trinajstić information content (AvgIpc) is 3.35. The molecule has 1 atom stereocenters. The first-order chi connectivity index (χ1) is 15.1. The first-order valence-corrected chi connectivity index (χ1v) is 12.0. The van der Waals surface area contributed by atoms with Gasteiger partial charge in [-0.15, -0.1) is 11.3 Å². The minimum absolute atomic E-state index is 0.0162. The van der Waals surface area contributed by atoms with Gasteiger partial charge in [0.25, 0.3) is 0 Å². The normalized spacial score (nSPS) is 20.8. The second kappa shape index (κ2) is 10.3. The highest BCUT2D eigenvalue weighted by Gasteiger charge is 2.33. The minimum atomic E-state index is -0.303. The Labute approximate surface area is 189 Å². The number of carbonyl (C=O) groups is 2. The Morgan fingerprint density at radius 3 is 2.77 bits per heavy atom. The zero-order valence-corrected chi connectivity index (χ0v) is 19.0. The number of nitrogens with one attached hydrogen (secondary N) is 1. The summed E-state index contributed by atoms with van der Waals surface area (Å²) >= 11 is 2.79. The molecule has 10 heteroatoms. The molecule has 1 N–H and O–H groups in total. The summed E-state index contributed by atoms with van der Waals surface area (Å²) in [5.74, 6) is -0.319. The second-order valence-electron chi connectivity index (χ2n) is 7.24. The molecule has 1 aromatic heterocycles. The zero-order chi connectivity index (χ0) is 21.6. The van der Waals surface area contributed by atoms with Crippen molar-refractivity contribution in [2.45, 2.75) is 18.6 Å². The fourth-order valence-corrected chi connectivity index (χ4v) is 5.28. The van der Waals surface area contributed by atoms with Gasteiger partial charge in [0, 0.05) is 43.8 Å². The molecule has 1 aromatic carbocycles. The predicted molar refractivity (Wildman–Crippen MR) is 124 cm³/mol. The standard InChI is InChI=1S/C21H25N5O3S2/c1-2-29-18(27)12-15-14-30-20(22-15)24-21-23-19(28)17(31-21)13-25-8-10-26(11-9-25)16-6-4-3-5-7-16/h3-7,14,17H,2,8-13H2,1H3,(H,22,23,24,28). The molecule has 0 radical (unpaired) electrons. The van der Waals surface area contributed by atoms with Crippen molar-refractivity contribution in [1.29, 1.82) is 0 Å². The van der Waals surface area contributed by atoms with E-state index >= 15 is 0 Å². The molecule has 1 amide bonds. The fourth-order valence-electron chi connectivity index (χ4n) is 3.52. The number of carbonyl (C=O) groups excluding carboxylic acids is 2. The lowest BCUT2D eigenvalue weighted by atomic mass is 10.2. The molecule has 1 unspecified atom stereocenters. The van der Waals surface area contributed by atoms with E-state index in [2.05, 4.69) is 49.4 Å². The quantitative estimate of drug-likeness (QED) is 0.636. The van der Waals surface area contributed by atoms with E-state index < -0.39 is 0 Å². The van der Waals surface area contributed by atoms with E-state index in [0.29, 0.717) is 29.1 Å². The van der Waals surface area contributed by atoms with Crippen LogP contribution in [0.2, 0.25) is 0 Å². The van der Waals surface area contributed by atoms with Crippen molar-refractivity contribution in [2.75, 3.05) is 44.2 Å². The maximum absolute atomic E-state index is 12.4. The van der Waals surface area contributed by atoms with Crippen LogP contribution < -0.4 is 10.2 Å². The van der Waals surface area contributed by atoms with Crippen LogP contribution >= 0.6 is 23.1 Å². The maximum atomic E-state index is 12.4.